The molecule has 0 aromatic rings. The monoisotopic (exact) mass is 217 g/mol. The van der Waals surface area contributed by atoms with E-state index >= 15 is 0 Å². The van der Waals surface area contributed by atoms with Gasteiger partial charge >= 0.3 is 5.97 Å². The molecule has 0 saturated carbocycles. The van der Waals surface area contributed by atoms with E-state index in [1.165, 1.54) is 0 Å². The van der Waals surface area contributed by atoms with Crippen molar-refractivity contribution >= 4 is 17.8 Å². The highest BCUT2D eigenvalue weighted by Gasteiger charge is 2.16. The molecule has 86 valence electrons. The summed E-state index contributed by atoms with van der Waals surface area (Å²) in [6.07, 6.45) is -0.255. The lowest BCUT2D eigenvalue weighted by molar-refractivity contribution is -0.143. The maximum Gasteiger partial charge on any atom is 0.325 e. The Morgan fingerprint density at radius 1 is 1.40 bits per heavy atom. The smallest absolute Gasteiger partial charge is 0.325 e. The Bertz CT molecular complexity index is 254. The third-order valence-electron chi connectivity index (χ3n) is 1.47. The van der Waals surface area contributed by atoms with Crippen molar-refractivity contribution < 1.29 is 19.1 Å². The Morgan fingerprint density at radius 2 is 2.00 bits per heavy atom. The van der Waals surface area contributed by atoms with Gasteiger partial charge in [-0.15, -0.1) is 0 Å². The van der Waals surface area contributed by atoms with Crippen molar-refractivity contribution in [2.45, 2.75) is 19.4 Å². The van der Waals surface area contributed by atoms with Crippen LogP contribution in [-0.2, 0) is 19.1 Å². The number of nitrogens with one attached hydrogen (secondary N) is 1. The van der Waals surface area contributed by atoms with Gasteiger partial charge in [0.2, 0.25) is 11.8 Å². The number of amides is 2. The van der Waals surface area contributed by atoms with Gasteiger partial charge in [0.1, 0.15) is 6.54 Å². The molecule has 5 N–H and O–H groups in total. The van der Waals surface area contributed by atoms with Crippen molar-refractivity contribution in [2.75, 3.05) is 13.2 Å². The van der Waals surface area contributed by atoms with E-state index in [4.69, 9.17) is 11.5 Å². The summed E-state index contributed by atoms with van der Waals surface area (Å²) in [5, 5.41) is 2.23. The van der Waals surface area contributed by atoms with Gasteiger partial charge < -0.3 is 21.5 Å². The number of rotatable bonds is 6. The molecule has 0 aliphatic carbocycles. The van der Waals surface area contributed by atoms with Gasteiger partial charge in [-0.05, 0) is 6.92 Å². The highest BCUT2D eigenvalue weighted by atomic mass is 16.5. The lowest BCUT2D eigenvalue weighted by Gasteiger charge is -2.09. The van der Waals surface area contributed by atoms with Crippen molar-refractivity contribution in [3.05, 3.63) is 0 Å². The summed E-state index contributed by atoms with van der Waals surface area (Å²) in [6.45, 7) is 1.62. The van der Waals surface area contributed by atoms with Crippen LogP contribution in [-0.4, -0.2) is 37.0 Å². The van der Waals surface area contributed by atoms with E-state index in [0.717, 1.165) is 0 Å². The quantitative estimate of drug-likeness (QED) is 0.438. The van der Waals surface area contributed by atoms with Crippen LogP contribution < -0.4 is 16.8 Å². The van der Waals surface area contributed by atoms with E-state index in [2.05, 4.69) is 10.1 Å². The molecule has 0 aliphatic heterocycles. The van der Waals surface area contributed by atoms with Crippen molar-refractivity contribution in [1.29, 1.82) is 0 Å². The first kappa shape index (κ1) is 13.4. The van der Waals surface area contributed by atoms with Crippen molar-refractivity contribution in [1.82, 2.24) is 5.32 Å². The molecule has 7 heteroatoms. The van der Waals surface area contributed by atoms with Crippen LogP contribution in [0.4, 0.5) is 0 Å². The van der Waals surface area contributed by atoms with Crippen molar-refractivity contribution in [2.24, 2.45) is 11.5 Å². The molecule has 0 aromatic carbocycles. The largest absolute Gasteiger partial charge is 0.465 e. The first-order chi connectivity index (χ1) is 6.97. The maximum atomic E-state index is 11.1. The van der Waals surface area contributed by atoms with Gasteiger partial charge in [0.05, 0.1) is 19.1 Å². The number of primary amides is 1. The number of carbonyl (C=O) groups is 3. The van der Waals surface area contributed by atoms with E-state index in [0.29, 0.717) is 0 Å². The summed E-state index contributed by atoms with van der Waals surface area (Å²) in [5.74, 6) is -1.84. The minimum atomic E-state index is -1.03. The summed E-state index contributed by atoms with van der Waals surface area (Å²) < 4.78 is 4.57. The number of esters is 1. The van der Waals surface area contributed by atoms with Crippen LogP contribution in [0.3, 0.4) is 0 Å². The molecule has 0 saturated heterocycles. The highest BCUT2D eigenvalue weighted by molar-refractivity contribution is 5.89. The summed E-state index contributed by atoms with van der Waals surface area (Å²) in [7, 11) is 0. The van der Waals surface area contributed by atoms with Gasteiger partial charge in [-0.3, -0.25) is 14.4 Å². The Morgan fingerprint density at radius 3 is 2.47 bits per heavy atom. The number of hydrogen-bond donors (Lipinski definition) is 3. The van der Waals surface area contributed by atoms with E-state index < -0.39 is 23.8 Å². The third-order valence-corrected chi connectivity index (χ3v) is 1.47. The van der Waals surface area contributed by atoms with Gasteiger partial charge in [-0.2, -0.15) is 0 Å². The Hall–Kier alpha value is -1.63. The van der Waals surface area contributed by atoms with Crippen molar-refractivity contribution in [3.8, 4) is 0 Å². The first-order valence-electron chi connectivity index (χ1n) is 4.44. The standard InChI is InChI=1S/C8H15N3O4/c1-2-15-7(13)4-11-8(14)5(9)3-6(10)12/h5H,2-4,9H2,1H3,(H2,10,12)(H,11,14). The lowest BCUT2D eigenvalue weighted by atomic mass is 10.2. The predicted molar refractivity (Wildman–Crippen MR) is 51.4 cm³/mol. The Balaban J connectivity index is 3.82. The number of carbonyl (C=O) groups excluding carboxylic acids is 3. The van der Waals surface area contributed by atoms with Crippen LogP contribution in [0.1, 0.15) is 13.3 Å². The predicted octanol–water partition coefficient (Wildman–Crippen LogP) is -2.13. The zero-order valence-electron chi connectivity index (χ0n) is 8.49. The number of hydrogen-bond acceptors (Lipinski definition) is 5. The van der Waals surface area contributed by atoms with E-state index in [-0.39, 0.29) is 19.6 Å². The van der Waals surface area contributed by atoms with E-state index in [1.807, 2.05) is 0 Å². The first-order valence-corrected chi connectivity index (χ1v) is 4.44. The number of ether oxygens (including phenoxy) is 1. The third kappa shape index (κ3) is 6.44. The van der Waals surface area contributed by atoms with Crippen molar-refractivity contribution in [3.63, 3.8) is 0 Å². The summed E-state index contributed by atoms with van der Waals surface area (Å²) in [5.41, 5.74) is 10.2. The van der Waals surface area contributed by atoms with Gasteiger partial charge in [-0.1, -0.05) is 0 Å². The molecule has 7 nitrogen and oxygen atoms in total. The molecule has 1 atom stereocenters. The molecule has 0 heterocycles. The molecule has 0 radical (unpaired) electrons. The highest BCUT2D eigenvalue weighted by Crippen LogP contribution is 1.86. The van der Waals surface area contributed by atoms with Crippen LogP contribution in [0.5, 0.6) is 0 Å². The van der Waals surface area contributed by atoms with E-state index in [1.54, 1.807) is 6.92 Å². The second kappa shape index (κ2) is 6.77. The summed E-state index contributed by atoms with van der Waals surface area (Å²) in [4.78, 5) is 32.4. The molecule has 0 fully saturated rings. The normalized spacial score (nSPS) is 11.6. The second-order valence-corrected chi connectivity index (χ2v) is 2.80. The second-order valence-electron chi connectivity index (χ2n) is 2.80. The van der Waals surface area contributed by atoms with Gasteiger partial charge in [0, 0.05) is 0 Å². The van der Waals surface area contributed by atoms with Gasteiger partial charge in [0.25, 0.3) is 0 Å². The molecule has 1 unspecified atom stereocenters. The molecule has 0 spiro atoms. The van der Waals surface area contributed by atoms with Gasteiger partial charge in [-0.25, -0.2) is 0 Å². The minimum absolute atomic E-state index is 0.238. The fourth-order valence-electron chi connectivity index (χ4n) is 0.812. The molecule has 0 rings (SSSR count). The molecular weight excluding hydrogens is 202 g/mol. The zero-order valence-corrected chi connectivity index (χ0v) is 8.49. The summed E-state index contributed by atoms with van der Waals surface area (Å²) >= 11 is 0. The molecular formula is C8H15N3O4. The van der Waals surface area contributed by atoms with Crippen LogP contribution in [0, 0.1) is 0 Å². The maximum absolute atomic E-state index is 11.1. The molecule has 0 aromatic heterocycles. The minimum Gasteiger partial charge on any atom is -0.465 e. The topological polar surface area (TPSA) is 125 Å². The average Bonchev–Trinajstić information content (AvgIpc) is 2.13. The zero-order chi connectivity index (χ0) is 11.8. The molecule has 0 aliphatic rings. The lowest BCUT2D eigenvalue weighted by Crippen LogP contribution is -2.44. The number of nitrogens with two attached hydrogens (primary N) is 2. The van der Waals surface area contributed by atoms with Crippen LogP contribution in [0.15, 0.2) is 0 Å². The molecule has 0 bridgehead atoms. The Kier molecular flexibility index (Phi) is 6.03. The molecule has 15 heavy (non-hydrogen) atoms. The summed E-state index contributed by atoms with van der Waals surface area (Å²) in [6, 6.07) is -1.03. The average molecular weight is 217 g/mol. The fraction of sp³-hybridized carbons (Fsp3) is 0.625. The van der Waals surface area contributed by atoms with Gasteiger partial charge in [0.15, 0.2) is 0 Å². The Labute approximate surface area is 87.1 Å². The molecule has 2 amide bonds. The van der Waals surface area contributed by atoms with Crippen LogP contribution >= 0.6 is 0 Å². The van der Waals surface area contributed by atoms with E-state index in [9.17, 15) is 14.4 Å². The van der Waals surface area contributed by atoms with Crippen LogP contribution in [0.2, 0.25) is 0 Å². The fourth-order valence-corrected chi connectivity index (χ4v) is 0.812. The SMILES string of the molecule is CCOC(=O)CNC(=O)C(N)CC(N)=O. The van der Waals surface area contributed by atoms with Crippen LogP contribution in [0.25, 0.3) is 0 Å².